The lowest BCUT2D eigenvalue weighted by Gasteiger charge is -2.17. The van der Waals surface area contributed by atoms with Gasteiger partial charge in [0.2, 0.25) is 5.91 Å². The summed E-state index contributed by atoms with van der Waals surface area (Å²) in [4.78, 5) is 22.1. The molecule has 0 radical (unpaired) electrons. The molecule has 0 aromatic carbocycles. The second-order valence-corrected chi connectivity index (χ2v) is 4.33. The fraction of sp³-hybridized carbons (Fsp3) is 0.800. The molecule has 0 fully saturated rings. The summed E-state index contributed by atoms with van der Waals surface area (Å²) in [5, 5.41) is 11.6. The van der Waals surface area contributed by atoms with Crippen molar-refractivity contribution in [3.63, 3.8) is 0 Å². The number of nitrogens with one attached hydrogen (secondary N) is 1. The third kappa shape index (κ3) is 7.19. The normalized spacial score (nSPS) is 13.1. The first-order valence-corrected chi connectivity index (χ1v) is 5.08. The van der Waals surface area contributed by atoms with Crippen LogP contribution in [0, 0.1) is 0 Å². The van der Waals surface area contributed by atoms with E-state index in [1.165, 1.54) is 7.11 Å². The van der Waals surface area contributed by atoms with E-state index >= 15 is 0 Å². The van der Waals surface area contributed by atoms with E-state index in [0.29, 0.717) is 6.42 Å². The van der Waals surface area contributed by atoms with E-state index in [2.05, 4.69) is 10.1 Å². The summed E-state index contributed by atoms with van der Waals surface area (Å²) >= 11 is 0. The van der Waals surface area contributed by atoms with Crippen LogP contribution in [0.3, 0.4) is 0 Å². The number of carbonyl (C=O) groups is 2. The zero-order chi connectivity index (χ0) is 12.8. The number of aliphatic hydroxyl groups is 1. The zero-order valence-electron chi connectivity index (χ0n) is 9.95. The number of carbonyl (C=O) groups excluding carboxylic acids is 2. The monoisotopic (exact) mass is 232 g/mol. The molecule has 0 aliphatic heterocycles. The lowest BCUT2D eigenvalue weighted by molar-refractivity contribution is -0.150. The summed E-state index contributed by atoms with van der Waals surface area (Å²) < 4.78 is 4.30. The SMILES string of the molecule is COC(=O)C(O)CNC(=O)CCC(C)(C)N. The Hall–Kier alpha value is -1.14. The molecule has 1 amide bonds. The highest BCUT2D eigenvalue weighted by Crippen LogP contribution is 2.06. The van der Waals surface area contributed by atoms with Gasteiger partial charge in [-0.25, -0.2) is 4.79 Å². The summed E-state index contributed by atoms with van der Waals surface area (Å²) in [6.45, 7) is 3.50. The van der Waals surface area contributed by atoms with Crippen LogP contribution in [0.4, 0.5) is 0 Å². The number of aliphatic hydroxyl groups excluding tert-OH is 1. The van der Waals surface area contributed by atoms with E-state index in [1.54, 1.807) is 0 Å². The van der Waals surface area contributed by atoms with Crippen molar-refractivity contribution in [2.45, 2.75) is 38.3 Å². The van der Waals surface area contributed by atoms with Gasteiger partial charge in [0.15, 0.2) is 6.10 Å². The number of nitrogens with two attached hydrogens (primary N) is 1. The van der Waals surface area contributed by atoms with Crippen LogP contribution in [-0.2, 0) is 14.3 Å². The van der Waals surface area contributed by atoms with E-state index in [9.17, 15) is 14.7 Å². The number of rotatable bonds is 6. The molecule has 0 aromatic rings. The van der Waals surface area contributed by atoms with Gasteiger partial charge in [-0.05, 0) is 20.3 Å². The number of methoxy groups -OCH3 is 1. The number of ether oxygens (including phenoxy) is 1. The van der Waals surface area contributed by atoms with Gasteiger partial charge in [0, 0.05) is 12.0 Å². The molecule has 0 bridgehead atoms. The van der Waals surface area contributed by atoms with Gasteiger partial charge in [0.05, 0.1) is 13.7 Å². The van der Waals surface area contributed by atoms with Crippen LogP contribution in [0.5, 0.6) is 0 Å². The molecule has 0 aliphatic rings. The Morgan fingerprint density at radius 1 is 1.50 bits per heavy atom. The average Bonchev–Trinajstić information content (AvgIpc) is 2.20. The molecule has 0 aliphatic carbocycles. The second-order valence-electron chi connectivity index (χ2n) is 4.33. The smallest absolute Gasteiger partial charge is 0.336 e. The topological polar surface area (TPSA) is 102 Å². The Morgan fingerprint density at radius 2 is 2.06 bits per heavy atom. The Morgan fingerprint density at radius 3 is 2.50 bits per heavy atom. The van der Waals surface area contributed by atoms with Crippen LogP contribution < -0.4 is 11.1 Å². The Bertz CT molecular complexity index is 248. The number of amides is 1. The molecular weight excluding hydrogens is 212 g/mol. The van der Waals surface area contributed by atoms with E-state index in [0.717, 1.165) is 0 Å². The van der Waals surface area contributed by atoms with Crippen LogP contribution in [0.25, 0.3) is 0 Å². The molecular formula is C10H20N2O4. The maximum Gasteiger partial charge on any atom is 0.336 e. The molecule has 94 valence electrons. The Labute approximate surface area is 95.1 Å². The average molecular weight is 232 g/mol. The minimum absolute atomic E-state index is 0.142. The van der Waals surface area contributed by atoms with Gasteiger partial charge in [-0.1, -0.05) is 0 Å². The molecule has 0 saturated heterocycles. The molecule has 0 rings (SSSR count). The summed E-state index contributed by atoms with van der Waals surface area (Å²) in [5.41, 5.74) is 5.30. The summed E-state index contributed by atoms with van der Waals surface area (Å²) in [5.74, 6) is -1.01. The van der Waals surface area contributed by atoms with E-state index < -0.39 is 17.6 Å². The van der Waals surface area contributed by atoms with Gasteiger partial charge in [-0.2, -0.15) is 0 Å². The van der Waals surface area contributed by atoms with Crippen molar-refractivity contribution in [2.75, 3.05) is 13.7 Å². The summed E-state index contributed by atoms with van der Waals surface area (Å²) in [6, 6.07) is 0. The van der Waals surface area contributed by atoms with Gasteiger partial charge in [-0.3, -0.25) is 4.79 Å². The fourth-order valence-electron chi connectivity index (χ4n) is 0.954. The molecule has 0 heterocycles. The van der Waals surface area contributed by atoms with Crippen molar-refractivity contribution in [1.82, 2.24) is 5.32 Å². The first-order valence-electron chi connectivity index (χ1n) is 5.08. The first-order chi connectivity index (χ1) is 7.26. The quantitative estimate of drug-likeness (QED) is 0.518. The van der Waals surface area contributed by atoms with Crippen molar-refractivity contribution < 1.29 is 19.4 Å². The van der Waals surface area contributed by atoms with Crippen LogP contribution in [0.2, 0.25) is 0 Å². The molecule has 6 nitrogen and oxygen atoms in total. The maximum atomic E-state index is 11.3. The molecule has 0 spiro atoms. The molecule has 1 atom stereocenters. The van der Waals surface area contributed by atoms with Gasteiger partial charge >= 0.3 is 5.97 Å². The van der Waals surface area contributed by atoms with Crippen LogP contribution >= 0.6 is 0 Å². The van der Waals surface area contributed by atoms with Crippen LogP contribution in [-0.4, -0.2) is 42.3 Å². The van der Waals surface area contributed by atoms with Crippen molar-refractivity contribution >= 4 is 11.9 Å². The molecule has 1 unspecified atom stereocenters. The van der Waals surface area contributed by atoms with Crippen molar-refractivity contribution in [1.29, 1.82) is 0 Å². The first kappa shape index (κ1) is 14.9. The minimum atomic E-state index is -1.32. The third-order valence-corrected chi connectivity index (χ3v) is 1.96. The highest BCUT2D eigenvalue weighted by atomic mass is 16.5. The van der Waals surface area contributed by atoms with Crippen molar-refractivity contribution in [3.05, 3.63) is 0 Å². The molecule has 6 heteroatoms. The summed E-state index contributed by atoms with van der Waals surface area (Å²) in [6.07, 6.45) is -0.523. The molecule has 4 N–H and O–H groups in total. The third-order valence-electron chi connectivity index (χ3n) is 1.96. The Balaban J connectivity index is 3.78. The summed E-state index contributed by atoms with van der Waals surface area (Å²) in [7, 11) is 1.17. The van der Waals surface area contributed by atoms with Gasteiger partial charge in [0.1, 0.15) is 0 Å². The molecule has 0 aromatic heterocycles. The number of esters is 1. The van der Waals surface area contributed by atoms with Crippen LogP contribution in [0.1, 0.15) is 26.7 Å². The van der Waals surface area contributed by atoms with Crippen LogP contribution in [0.15, 0.2) is 0 Å². The van der Waals surface area contributed by atoms with Gasteiger partial charge in [0.25, 0.3) is 0 Å². The minimum Gasteiger partial charge on any atom is -0.467 e. The van der Waals surface area contributed by atoms with Crippen molar-refractivity contribution in [2.24, 2.45) is 5.73 Å². The largest absolute Gasteiger partial charge is 0.467 e. The Kier molecular flexibility index (Phi) is 5.98. The maximum absolute atomic E-state index is 11.3. The zero-order valence-corrected chi connectivity index (χ0v) is 9.95. The predicted molar refractivity (Wildman–Crippen MR) is 58.5 cm³/mol. The van der Waals surface area contributed by atoms with E-state index in [-0.39, 0.29) is 18.9 Å². The number of hydrogen-bond acceptors (Lipinski definition) is 5. The highest BCUT2D eigenvalue weighted by molar-refractivity contribution is 5.78. The number of hydrogen-bond donors (Lipinski definition) is 3. The molecule has 0 saturated carbocycles. The highest BCUT2D eigenvalue weighted by Gasteiger charge is 2.17. The predicted octanol–water partition coefficient (Wildman–Crippen LogP) is -0.846. The van der Waals surface area contributed by atoms with Crippen molar-refractivity contribution in [3.8, 4) is 0 Å². The lowest BCUT2D eigenvalue weighted by atomic mass is 10.00. The van der Waals surface area contributed by atoms with Gasteiger partial charge < -0.3 is 20.9 Å². The molecule has 16 heavy (non-hydrogen) atoms. The van der Waals surface area contributed by atoms with E-state index in [1.807, 2.05) is 13.8 Å². The lowest BCUT2D eigenvalue weighted by Crippen LogP contribution is -2.39. The fourth-order valence-corrected chi connectivity index (χ4v) is 0.954. The van der Waals surface area contributed by atoms with Gasteiger partial charge in [-0.15, -0.1) is 0 Å². The van der Waals surface area contributed by atoms with E-state index in [4.69, 9.17) is 5.73 Å². The second kappa shape index (κ2) is 6.44. The standard InChI is InChI=1S/C10H20N2O4/c1-10(2,11)5-4-8(14)12-6-7(13)9(15)16-3/h7,13H,4-6,11H2,1-3H3,(H,12,14).